The zero-order chi connectivity index (χ0) is 20.8. The maximum Gasteiger partial charge on any atom is 0.190 e. The highest BCUT2D eigenvalue weighted by Gasteiger charge is 2.05. The molecule has 0 bridgehead atoms. The second kappa shape index (κ2) is 11.0. The molecule has 4 aromatic rings. The van der Waals surface area contributed by atoms with Crippen LogP contribution in [-0.4, -0.2) is 40.9 Å². The van der Waals surface area contributed by atoms with E-state index in [9.17, 15) is 0 Å². The Labute approximate surface area is 200 Å². The number of hydrogen-bond acceptors (Lipinski definition) is 2. The second-order valence-corrected chi connectivity index (χ2v) is 7.41. The summed E-state index contributed by atoms with van der Waals surface area (Å²) in [5.41, 5.74) is 6.15. The Balaban J connectivity index is 0.00000272. The summed E-state index contributed by atoms with van der Waals surface area (Å²) in [5, 5.41) is 12.4. The highest BCUT2D eigenvalue weighted by Crippen LogP contribution is 2.19. The number of aliphatic imine (C=N–C) groups is 1. The van der Waals surface area contributed by atoms with Gasteiger partial charge in [0.2, 0.25) is 0 Å². The van der Waals surface area contributed by atoms with E-state index in [2.05, 4.69) is 81.3 Å². The molecule has 0 aliphatic heterocycles. The molecule has 2 aromatic carbocycles. The van der Waals surface area contributed by atoms with Crippen LogP contribution in [0.2, 0.25) is 0 Å². The Kier molecular flexibility index (Phi) is 8.11. The molecule has 0 saturated heterocycles. The molecule has 2 heterocycles. The molecule has 0 aliphatic rings. The van der Waals surface area contributed by atoms with Gasteiger partial charge in [0, 0.05) is 49.6 Å². The van der Waals surface area contributed by atoms with E-state index in [1.54, 1.807) is 6.20 Å². The third kappa shape index (κ3) is 5.88. The smallest absolute Gasteiger partial charge is 0.190 e. The number of aryl methyl sites for hydroxylation is 1. The van der Waals surface area contributed by atoms with E-state index in [4.69, 9.17) is 0 Å². The summed E-state index contributed by atoms with van der Waals surface area (Å²) in [6.07, 6.45) is 7.72. The fraction of sp³-hybridized carbons (Fsp3) is 0.250. The third-order valence-electron chi connectivity index (χ3n) is 5.24. The largest absolute Gasteiger partial charge is 0.361 e. The quantitative estimate of drug-likeness (QED) is 0.191. The zero-order valence-corrected chi connectivity index (χ0v) is 20.3. The summed E-state index contributed by atoms with van der Waals surface area (Å²) in [4.78, 5) is 7.70. The topological polar surface area (TPSA) is 70.0 Å². The molecule has 0 atom stereocenters. The molecule has 7 heteroatoms. The summed E-state index contributed by atoms with van der Waals surface area (Å²) >= 11 is 0. The second-order valence-electron chi connectivity index (χ2n) is 7.41. The van der Waals surface area contributed by atoms with Crippen molar-refractivity contribution < 1.29 is 0 Å². The van der Waals surface area contributed by atoms with Gasteiger partial charge < -0.3 is 15.6 Å². The summed E-state index contributed by atoms with van der Waals surface area (Å²) in [7, 11) is 1.81. The van der Waals surface area contributed by atoms with Crippen LogP contribution in [0, 0.1) is 6.92 Å². The molecule has 0 aliphatic carbocycles. The molecule has 4 rings (SSSR count). The van der Waals surface area contributed by atoms with Crippen LogP contribution >= 0.6 is 24.0 Å². The molecule has 6 nitrogen and oxygen atoms in total. The maximum atomic E-state index is 4.33. The predicted octanol–water partition coefficient (Wildman–Crippen LogP) is 4.23. The summed E-state index contributed by atoms with van der Waals surface area (Å²) in [6.45, 7) is 3.78. The van der Waals surface area contributed by atoms with Gasteiger partial charge in [0.1, 0.15) is 0 Å². The normalized spacial score (nSPS) is 11.4. The molecule has 0 spiro atoms. The van der Waals surface area contributed by atoms with E-state index in [1.807, 2.05) is 24.0 Å². The minimum Gasteiger partial charge on any atom is -0.361 e. The van der Waals surface area contributed by atoms with E-state index in [0.29, 0.717) is 0 Å². The van der Waals surface area contributed by atoms with E-state index < -0.39 is 0 Å². The highest BCUT2D eigenvalue weighted by atomic mass is 127. The first-order valence-electron chi connectivity index (χ1n) is 10.3. The highest BCUT2D eigenvalue weighted by molar-refractivity contribution is 14.0. The Morgan fingerprint density at radius 2 is 1.84 bits per heavy atom. The molecule has 31 heavy (non-hydrogen) atoms. The average molecular weight is 528 g/mol. The number of hydrogen-bond donors (Lipinski definition) is 3. The van der Waals surface area contributed by atoms with Crippen LogP contribution in [0.15, 0.2) is 72.1 Å². The lowest BCUT2D eigenvalue weighted by molar-refractivity contribution is 0.785. The van der Waals surface area contributed by atoms with Crippen molar-refractivity contribution in [2.24, 2.45) is 4.99 Å². The Hall–Kier alpha value is -2.81. The van der Waals surface area contributed by atoms with E-state index in [0.717, 1.165) is 37.6 Å². The van der Waals surface area contributed by atoms with Gasteiger partial charge in [-0.3, -0.25) is 4.99 Å². The molecule has 0 fully saturated rings. The lowest BCUT2D eigenvalue weighted by Gasteiger charge is -2.12. The number of H-pyrrole nitrogens is 1. The minimum atomic E-state index is 0. The first-order valence-corrected chi connectivity index (χ1v) is 10.3. The van der Waals surface area contributed by atoms with Crippen LogP contribution in [-0.2, 0) is 12.8 Å². The van der Waals surface area contributed by atoms with Crippen molar-refractivity contribution in [3.8, 4) is 5.69 Å². The van der Waals surface area contributed by atoms with Gasteiger partial charge >= 0.3 is 0 Å². The van der Waals surface area contributed by atoms with Gasteiger partial charge in [-0.05, 0) is 60.7 Å². The van der Waals surface area contributed by atoms with Crippen LogP contribution in [0.4, 0.5) is 0 Å². The van der Waals surface area contributed by atoms with Crippen LogP contribution in [0.5, 0.6) is 0 Å². The van der Waals surface area contributed by atoms with Crippen LogP contribution in [0.1, 0.15) is 16.7 Å². The molecule has 0 amide bonds. The van der Waals surface area contributed by atoms with Gasteiger partial charge in [0.15, 0.2) is 5.96 Å². The molecule has 3 N–H and O–H groups in total. The van der Waals surface area contributed by atoms with Gasteiger partial charge in [-0.1, -0.05) is 24.3 Å². The Morgan fingerprint density at radius 3 is 2.55 bits per heavy atom. The molecular weight excluding hydrogens is 499 g/mol. The Bertz CT molecular complexity index is 1110. The number of aromatic amines is 1. The fourth-order valence-corrected chi connectivity index (χ4v) is 3.61. The lowest BCUT2D eigenvalue weighted by atomic mass is 10.1. The van der Waals surface area contributed by atoms with E-state index >= 15 is 0 Å². The van der Waals surface area contributed by atoms with Gasteiger partial charge in [-0.2, -0.15) is 5.10 Å². The summed E-state index contributed by atoms with van der Waals surface area (Å²) in [6, 6.07) is 17.0. The van der Waals surface area contributed by atoms with E-state index in [1.165, 1.54) is 27.6 Å². The number of halogens is 1. The van der Waals surface area contributed by atoms with Crippen molar-refractivity contribution >= 4 is 40.8 Å². The Morgan fingerprint density at radius 1 is 1.06 bits per heavy atom. The summed E-state index contributed by atoms with van der Waals surface area (Å²) < 4.78 is 1.86. The number of fused-ring (bicyclic) bond motifs is 1. The van der Waals surface area contributed by atoms with Crippen LogP contribution < -0.4 is 10.6 Å². The standard InChI is InChI=1S/C24H28N6.HI/c1-18-4-9-22-20(17-28-23(22)16-18)11-14-27-24(25-2)26-13-10-19-5-7-21(8-6-19)30-15-3-12-29-30;/h3-9,12,15-17,28H,10-11,13-14H2,1-2H3,(H2,25,26,27);1H. The first kappa shape index (κ1) is 22.9. The number of aromatic nitrogens is 3. The fourth-order valence-electron chi connectivity index (χ4n) is 3.61. The molecule has 0 saturated carbocycles. The maximum absolute atomic E-state index is 4.33. The van der Waals surface area contributed by atoms with Crippen molar-refractivity contribution in [1.82, 2.24) is 25.4 Å². The first-order chi connectivity index (χ1) is 14.7. The molecule has 2 aromatic heterocycles. The number of nitrogens with one attached hydrogen (secondary N) is 3. The van der Waals surface area contributed by atoms with Crippen molar-refractivity contribution in [3.63, 3.8) is 0 Å². The van der Waals surface area contributed by atoms with Gasteiger partial charge in [-0.15, -0.1) is 24.0 Å². The zero-order valence-electron chi connectivity index (χ0n) is 17.9. The monoisotopic (exact) mass is 528 g/mol. The number of guanidine groups is 1. The average Bonchev–Trinajstić information content (AvgIpc) is 3.43. The van der Waals surface area contributed by atoms with Crippen molar-refractivity contribution in [1.29, 1.82) is 0 Å². The number of rotatable bonds is 7. The minimum absolute atomic E-state index is 0. The van der Waals surface area contributed by atoms with Crippen molar-refractivity contribution in [2.45, 2.75) is 19.8 Å². The van der Waals surface area contributed by atoms with Gasteiger partial charge in [-0.25, -0.2) is 4.68 Å². The van der Waals surface area contributed by atoms with Gasteiger partial charge in [0.25, 0.3) is 0 Å². The summed E-state index contributed by atoms with van der Waals surface area (Å²) in [5.74, 6) is 0.832. The number of benzene rings is 2. The van der Waals surface area contributed by atoms with Crippen LogP contribution in [0.3, 0.4) is 0 Å². The SMILES string of the molecule is CN=C(NCCc1ccc(-n2cccn2)cc1)NCCc1c[nH]c2cc(C)ccc12.I. The van der Waals surface area contributed by atoms with E-state index in [-0.39, 0.29) is 24.0 Å². The molecule has 0 radical (unpaired) electrons. The van der Waals surface area contributed by atoms with Gasteiger partial charge in [0.05, 0.1) is 5.69 Å². The lowest BCUT2D eigenvalue weighted by Crippen LogP contribution is -2.39. The van der Waals surface area contributed by atoms with Crippen molar-refractivity contribution in [3.05, 3.63) is 83.8 Å². The predicted molar refractivity (Wildman–Crippen MR) is 139 cm³/mol. The van der Waals surface area contributed by atoms with Crippen LogP contribution in [0.25, 0.3) is 16.6 Å². The third-order valence-corrected chi connectivity index (χ3v) is 5.24. The molecular formula is C24H29IN6. The number of nitrogens with zero attached hydrogens (tertiary/aromatic N) is 3. The molecule has 0 unspecified atom stereocenters. The van der Waals surface area contributed by atoms with Crippen molar-refractivity contribution in [2.75, 3.05) is 20.1 Å². The molecule has 162 valence electrons.